The predicted octanol–water partition coefficient (Wildman–Crippen LogP) is 5.28. The molecule has 4 aliphatic rings. The van der Waals surface area contributed by atoms with Crippen molar-refractivity contribution >= 4 is 0 Å². The average molecular weight is 222 g/mol. The van der Waals surface area contributed by atoms with Crippen molar-refractivity contribution in [2.75, 3.05) is 0 Å². The minimum absolute atomic E-state index is 0.744. The van der Waals surface area contributed by atoms with Crippen molar-refractivity contribution in [2.45, 2.75) is 73.1 Å². The smallest absolute Gasteiger partial charge is 0.0264 e. The van der Waals surface area contributed by atoms with Crippen molar-refractivity contribution in [3.05, 3.63) is 0 Å². The monoisotopic (exact) mass is 222 g/mol. The lowest BCUT2D eigenvalue weighted by Gasteiger charge is -2.63. The zero-order chi connectivity index (χ0) is 12.0. The van der Waals surface area contributed by atoms with Gasteiger partial charge in [-0.15, -0.1) is 0 Å². The van der Waals surface area contributed by atoms with E-state index in [1.807, 2.05) is 13.8 Å². The maximum absolute atomic E-state index is 2.57. The molecule has 0 amide bonds. The lowest BCUT2D eigenvalue weighted by molar-refractivity contribution is -0.122. The van der Waals surface area contributed by atoms with Crippen LogP contribution in [0.25, 0.3) is 0 Å². The van der Waals surface area contributed by atoms with Crippen LogP contribution in [-0.4, -0.2) is 0 Å². The molecule has 0 aromatic heterocycles. The third-order valence-corrected chi connectivity index (χ3v) is 5.62. The van der Waals surface area contributed by atoms with Gasteiger partial charge in [0.25, 0.3) is 0 Å². The summed E-state index contributed by atoms with van der Waals surface area (Å²) in [5.41, 5.74) is 1.51. The summed E-state index contributed by atoms with van der Waals surface area (Å²) < 4.78 is 0. The van der Waals surface area contributed by atoms with Gasteiger partial charge in [0.15, 0.2) is 0 Å². The maximum Gasteiger partial charge on any atom is -0.0264 e. The summed E-state index contributed by atoms with van der Waals surface area (Å²) in [4.78, 5) is 0. The van der Waals surface area contributed by atoms with Gasteiger partial charge < -0.3 is 0 Å². The van der Waals surface area contributed by atoms with Gasteiger partial charge in [0, 0.05) is 0 Å². The summed E-state index contributed by atoms with van der Waals surface area (Å²) in [7, 11) is 0. The second-order valence-corrected chi connectivity index (χ2v) is 7.29. The number of rotatable bonds is 1. The molecule has 4 rings (SSSR count). The molecule has 0 heteroatoms. The first kappa shape index (κ1) is 12.5. The first-order valence-electron chi connectivity index (χ1n) is 7.51. The third-order valence-electron chi connectivity index (χ3n) is 5.62. The number of hydrogen-bond donors (Lipinski definition) is 0. The maximum atomic E-state index is 2.57. The fourth-order valence-electron chi connectivity index (χ4n) is 5.47. The van der Waals surface area contributed by atoms with E-state index in [2.05, 4.69) is 20.8 Å². The van der Waals surface area contributed by atoms with Gasteiger partial charge in [0.05, 0.1) is 0 Å². The van der Waals surface area contributed by atoms with E-state index in [4.69, 9.17) is 0 Å². The SMILES string of the molecule is CC.CC(C)C12CC3CC(CC(C)(C3)C1)C2. The van der Waals surface area contributed by atoms with Gasteiger partial charge in [0.2, 0.25) is 0 Å². The van der Waals surface area contributed by atoms with E-state index in [1.54, 1.807) is 38.5 Å². The summed E-state index contributed by atoms with van der Waals surface area (Å²) in [5, 5.41) is 0. The van der Waals surface area contributed by atoms with Crippen molar-refractivity contribution in [3.63, 3.8) is 0 Å². The first-order valence-corrected chi connectivity index (χ1v) is 7.51. The normalized spacial score (nSPS) is 49.1. The van der Waals surface area contributed by atoms with Gasteiger partial charge in [-0.05, 0) is 67.1 Å². The van der Waals surface area contributed by atoms with E-state index in [9.17, 15) is 0 Å². The fraction of sp³-hybridized carbons (Fsp3) is 1.00. The molecule has 0 saturated heterocycles. The molecule has 4 aliphatic carbocycles. The molecule has 0 radical (unpaired) electrons. The van der Waals surface area contributed by atoms with Crippen molar-refractivity contribution in [1.29, 1.82) is 0 Å². The van der Waals surface area contributed by atoms with Crippen LogP contribution in [0.15, 0.2) is 0 Å². The largest absolute Gasteiger partial charge is 0.0683 e. The Kier molecular flexibility index (Phi) is 3.14. The summed E-state index contributed by atoms with van der Waals surface area (Å²) in [6.45, 7) is 11.5. The topological polar surface area (TPSA) is 0 Å². The van der Waals surface area contributed by atoms with Crippen LogP contribution < -0.4 is 0 Å². The molecule has 4 bridgehead atoms. The molecule has 0 spiro atoms. The first-order chi connectivity index (χ1) is 7.51. The molecule has 0 heterocycles. The molecule has 0 aromatic rings. The van der Waals surface area contributed by atoms with Crippen LogP contribution in [0.1, 0.15) is 73.1 Å². The molecular weight excluding hydrogens is 192 g/mol. The van der Waals surface area contributed by atoms with E-state index < -0.39 is 0 Å². The molecule has 4 saturated carbocycles. The van der Waals surface area contributed by atoms with Crippen molar-refractivity contribution in [1.82, 2.24) is 0 Å². The second kappa shape index (κ2) is 4.03. The van der Waals surface area contributed by atoms with Crippen LogP contribution in [0, 0.1) is 28.6 Å². The Hall–Kier alpha value is 0. The van der Waals surface area contributed by atoms with E-state index in [0.29, 0.717) is 0 Å². The van der Waals surface area contributed by atoms with Crippen LogP contribution >= 0.6 is 0 Å². The average Bonchev–Trinajstić information content (AvgIpc) is 2.16. The van der Waals surface area contributed by atoms with Crippen LogP contribution in [0.3, 0.4) is 0 Å². The van der Waals surface area contributed by atoms with Crippen LogP contribution in [0.2, 0.25) is 0 Å². The lowest BCUT2D eigenvalue weighted by atomic mass is 9.42. The molecule has 0 aromatic carbocycles. The highest BCUT2D eigenvalue weighted by Crippen LogP contribution is 2.67. The predicted molar refractivity (Wildman–Crippen MR) is 71.4 cm³/mol. The quantitative estimate of drug-likeness (QED) is 0.566. The highest BCUT2D eigenvalue weighted by atomic mass is 14.6. The van der Waals surface area contributed by atoms with Gasteiger partial charge in [-0.3, -0.25) is 0 Å². The Balaban J connectivity index is 0.000000457. The minimum Gasteiger partial charge on any atom is -0.0683 e. The summed E-state index contributed by atoms with van der Waals surface area (Å²) in [5.74, 6) is 3.13. The Morgan fingerprint density at radius 2 is 1.44 bits per heavy atom. The molecule has 0 nitrogen and oxygen atoms in total. The minimum atomic E-state index is 0.744. The van der Waals surface area contributed by atoms with Gasteiger partial charge in [-0.1, -0.05) is 34.6 Å². The molecule has 94 valence electrons. The van der Waals surface area contributed by atoms with Gasteiger partial charge in [-0.2, -0.15) is 0 Å². The Morgan fingerprint density at radius 1 is 0.938 bits per heavy atom. The summed E-state index contributed by atoms with van der Waals surface area (Å²) in [6, 6.07) is 0. The fourth-order valence-corrected chi connectivity index (χ4v) is 5.47. The molecule has 2 atom stereocenters. The second-order valence-electron chi connectivity index (χ2n) is 7.29. The highest BCUT2D eigenvalue weighted by molar-refractivity contribution is 5.06. The zero-order valence-corrected chi connectivity index (χ0v) is 12.0. The molecule has 4 fully saturated rings. The van der Waals surface area contributed by atoms with E-state index in [0.717, 1.165) is 28.6 Å². The standard InChI is InChI=1S/C14H24.C2H6/c1-10(2)14-7-11-4-12(8-14)6-13(3,5-11)9-14;1-2/h10-12H,4-9H2,1-3H3;1-2H3. The zero-order valence-electron chi connectivity index (χ0n) is 12.0. The van der Waals surface area contributed by atoms with E-state index in [1.165, 1.54) is 0 Å². The van der Waals surface area contributed by atoms with Gasteiger partial charge in [-0.25, -0.2) is 0 Å². The summed E-state index contributed by atoms with van der Waals surface area (Å²) >= 11 is 0. The van der Waals surface area contributed by atoms with Gasteiger partial charge in [0.1, 0.15) is 0 Å². The molecule has 2 unspecified atom stereocenters. The Bertz CT molecular complexity index is 237. The number of hydrogen-bond acceptors (Lipinski definition) is 0. The molecule has 16 heavy (non-hydrogen) atoms. The third kappa shape index (κ3) is 1.83. The van der Waals surface area contributed by atoms with Crippen LogP contribution in [0.4, 0.5) is 0 Å². The van der Waals surface area contributed by atoms with Crippen molar-refractivity contribution in [3.8, 4) is 0 Å². The highest BCUT2D eigenvalue weighted by Gasteiger charge is 2.56. The van der Waals surface area contributed by atoms with Crippen LogP contribution in [-0.2, 0) is 0 Å². The Labute approximate surface area is 102 Å². The Morgan fingerprint density at radius 3 is 1.81 bits per heavy atom. The van der Waals surface area contributed by atoms with Gasteiger partial charge >= 0.3 is 0 Å². The van der Waals surface area contributed by atoms with Crippen molar-refractivity contribution < 1.29 is 0 Å². The van der Waals surface area contributed by atoms with Crippen LogP contribution in [0.5, 0.6) is 0 Å². The molecular formula is C16H30. The molecule has 0 N–H and O–H groups in total. The van der Waals surface area contributed by atoms with E-state index in [-0.39, 0.29) is 0 Å². The van der Waals surface area contributed by atoms with E-state index >= 15 is 0 Å². The lowest BCUT2D eigenvalue weighted by Crippen LogP contribution is -2.52. The molecule has 0 aliphatic heterocycles. The van der Waals surface area contributed by atoms with Crippen molar-refractivity contribution in [2.24, 2.45) is 28.6 Å². The summed E-state index contributed by atoms with van der Waals surface area (Å²) in [6.07, 6.45) is 9.36.